The van der Waals surface area contributed by atoms with Crippen LogP contribution in [0, 0.1) is 24.0 Å². The monoisotopic (exact) mass is 443 g/mol. The van der Waals surface area contributed by atoms with Crippen LogP contribution in [0.4, 0.5) is 11.4 Å². The fourth-order valence-corrected chi connectivity index (χ4v) is 5.61. The topological polar surface area (TPSA) is 71.4 Å². The van der Waals surface area contributed by atoms with Crippen LogP contribution >= 0.6 is 0 Å². The van der Waals surface area contributed by atoms with E-state index in [0.29, 0.717) is 12.3 Å². The Bertz CT molecular complexity index is 1300. The molecule has 170 valence electrons. The number of benzene rings is 2. The van der Waals surface area contributed by atoms with Gasteiger partial charge < -0.3 is 14.6 Å². The molecule has 6 nitrogen and oxygen atoms in total. The first-order valence-corrected chi connectivity index (χ1v) is 11.4. The van der Waals surface area contributed by atoms with Crippen LogP contribution in [0.3, 0.4) is 0 Å². The molecule has 0 saturated heterocycles. The van der Waals surface area contributed by atoms with Crippen LogP contribution < -0.4 is 9.64 Å². The number of non-ortho nitro benzene ring substituents is 1. The van der Waals surface area contributed by atoms with Gasteiger partial charge in [0, 0.05) is 34.8 Å². The van der Waals surface area contributed by atoms with Crippen molar-refractivity contribution in [3.63, 3.8) is 0 Å². The highest BCUT2D eigenvalue weighted by atomic mass is 16.6. The SMILES string of the molecule is CCc1c(C)[nH]c(/C=C/C23Oc4ccc([N+](=O)[O-])cc4CN2c2ccccc2C3(C)C)c1C. The minimum Gasteiger partial charge on any atom is -0.463 e. The van der Waals surface area contributed by atoms with Gasteiger partial charge in [0.1, 0.15) is 5.75 Å². The number of fused-ring (bicyclic) bond motifs is 4. The Balaban J connectivity index is 1.68. The van der Waals surface area contributed by atoms with Crippen molar-refractivity contribution in [2.45, 2.75) is 58.7 Å². The molecule has 1 atom stereocenters. The van der Waals surface area contributed by atoms with Gasteiger partial charge in [0.05, 0.1) is 16.9 Å². The maximum atomic E-state index is 11.4. The second-order valence-electron chi connectivity index (χ2n) is 9.53. The smallest absolute Gasteiger partial charge is 0.270 e. The van der Waals surface area contributed by atoms with Crippen LogP contribution in [-0.2, 0) is 18.4 Å². The lowest BCUT2D eigenvalue weighted by Crippen LogP contribution is -2.60. The summed E-state index contributed by atoms with van der Waals surface area (Å²) in [6, 6.07) is 13.2. The highest BCUT2D eigenvalue weighted by Crippen LogP contribution is 2.56. The van der Waals surface area contributed by atoms with Crippen molar-refractivity contribution in [2.24, 2.45) is 0 Å². The van der Waals surface area contributed by atoms with E-state index in [0.717, 1.165) is 23.4 Å². The van der Waals surface area contributed by atoms with Crippen molar-refractivity contribution in [1.29, 1.82) is 0 Å². The molecule has 1 unspecified atom stereocenters. The van der Waals surface area contributed by atoms with Crippen molar-refractivity contribution in [3.8, 4) is 5.75 Å². The van der Waals surface area contributed by atoms with Crippen molar-refractivity contribution in [1.82, 2.24) is 4.98 Å². The third-order valence-electron chi connectivity index (χ3n) is 7.47. The molecular weight excluding hydrogens is 414 g/mol. The van der Waals surface area contributed by atoms with Crippen LogP contribution in [0.25, 0.3) is 6.08 Å². The third kappa shape index (κ3) is 2.93. The second kappa shape index (κ2) is 7.24. The van der Waals surface area contributed by atoms with E-state index in [1.54, 1.807) is 12.1 Å². The number of ether oxygens (including phenoxy) is 1. The second-order valence-corrected chi connectivity index (χ2v) is 9.53. The maximum absolute atomic E-state index is 11.4. The third-order valence-corrected chi connectivity index (χ3v) is 7.47. The summed E-state index contributed by atoms with van der Waals surface area (Å²) < 4.78 is 6.80. The van der Waals surface area contributed by atoms with Gasteiger partial charge in [0.25, 0.3) is 5.69 Å². The van der Waals surface area contributed by atoms with E-state index in [9.17, 15) is 10.1 Å². The lowest BCUT2D eigenvalue weighted by molar-refractivity contribution is -0.385. The highest BCUT2D eigenvalue weighted by Gasteiger charge is 2.59. The number of hydrogen-bond acceptors (Lipinski definition) is 4. The van der Waals surface area contributed by atoms with Gasteiger partial charge >= 0.3 is 0 Å². The largest absolute Gasteiger partial charge is 0.463 e. The molecule has 2 aliphatic rings. The molecule has 2 aromatic carbocycles. The van der Waals surface area contributed by atoms with Crippen LogP contribution in [0.1, 0.15) is 54.4 Å². The van der Waals surface area contributed by atoms with E-state index in [4.69, 9.17) is 4.74 Å². The molecule has 6 heteroatoms. The summed E-state index contributed by atoms with van der Waals surface area (Å²) in [6.45, 7) is 11.4. The van der Waals surface area contributed by atoms with Crippen LogP contribution in [0.2, 0.25) is 0 Å². The average molecular weight is 444 g/mol. The number of rotatable bonds is 4. The number of hydrogen-bond donors (Lipinski definition) is 1. The number of aromatic nitrogens is 1. The van der Waals surface area contributed by atoms with Gasteiger partial charge in [0.2, 0.25) is 5.72 Å². The van der Waals surface area contributed by atoms with Crippen molar-refractivity contribution >= 4 is 17.5 Å². The molecule has 0 bridgehead atoms. The van der Waals surface area contributed by atoms with Crippen LogP contribution in [-0.4, -0.2) is 15.6 Å². The Hall–Kier alpha value is -3.54. The summed E-state index contributed by atoms with van der Waals surface area (Å²) in [7, 11) is 0. The molecule has 3 heterocycles. The van der Waals surface area contributed by atoms with E-state index < -0.39 is 5.72 Å². The minimum absolute atomic E-state index is 0.0803. The Morgan fingerprint density at radius 2 is 1.97 bits per heavy atom. The summed E-state index contributed by atoms with van der Waals surface area (Å²) in [6.07, 6.45) is 5.28. The molecule has 5 rings (SSSR count). The van der Waals surface area contributed by atoms with E-state index in [-0.39, 0.29) is 16.0 Å². The number of nitrogens with one attached hydrogen (secondary N) is 1. The first kappa shape index (κ1) is 21.3. The van der Waals surface area contributed by atoms with Gasteiger partial charge in [-0.3, -0.25) is 10.1 Å². The zero-order valence-corrected chi connectivity index (χ0v) is 19.7. The maximum Gasteiger partial charge on any atom is 0.270 e. The molecule has 33 heavy (non-hydrogen) atoms. The van der Waals surface area contributed by atoms with Gasteiger partial charge in [-0.1, -0.05) is 25.1 Å². The van der Waals surface area contributed by atoms with E-state index in [1.165, 1.54) is 28.5 Å². The number of para-hydroxylation sites is 1. The Kier molecular flexibility index (Phi) is 4.67. The predicted octanol–water partition coefficient (Wildman–Crippen LogP) is 6.20. The van der Waals surface area contributed by atoms with E-state index >= 15 is 0 Å². The number of nitro groups is 1. The van der Waals surface area contributed by atoms with Crippen LogP contribution in [0.5, 0.6) is 5.75 Å². The summed E-state index contributed by atoms with van der Waals surface area (Å²) in [5, 5.41) is 11.4. The van der Waals surface area contributed by atoms with Crippen LogP contribution in [0.15, 0.2) is 48.5 Å². The molecule has 0 amide bonds. The van der Waals surface area contributed by atoms with Crippen molar-refractivity contribution < 1.29 is 9.66 Å². The first-order valence-electron chi connectivity index (χ1n) is 11.4. The first-order chi connectivity index (χ1) is 15.7. The van der Waals surface area contributed by atoms with Gasteiger partial charge in [0.15, 0.2) is 0 Å². The van der Waals surface area contributed by atoms with Gasteiger partial charge in [-0.05, 0) is 75.1 Å². The molecule has 0 saturated carbocycles. The number of H-pyrrole nitrogens is 1. The number of anilines is 1. The predicted molar refractivity (Wildman–Crippen MR) is 131 cm³/mol. The molecule has 0 spiro atoms. The summed E-state index contributed by atoms with van der Waals surface area (Å²) in [4.78, 5) is 16.8. The van der Waals surface area contributed by atoms with Gasteiger partial charge in [-0.25, -0.2) is 0 Å². The zero-order valence-electron chi connectivity index (χ0n) is 19.7. The van der Waals surface area contributed by atoms with E-state index in [2.05, 4.69) is 74.9 Å². The lowest BCUT2D eigenvalue weighted by Gasteiger charge is -2.48. The molecular formula is C27H29N3O3. The Morgan fingerprint density at radius 3 is 2.67 bits per heavy atom. The highest BCUT2D eigenvalue weighted by molar-refractivity contribution is 5.71. The average Bonchev–Trinajstić information content (AvgIpc) is 3.17. The molecule has 1 aromatic heterocycles. The van der Waals surface area contributed by atoms with Crippen molar-refractivity contribution in [3.05, 3.63) is 92.3 Å². The number of aromatic amines is 1. The number of aryl methyl sites for hydroxylation is 1. The molecule has 0 aliphatic carbocycles. The summed E-state index contributed by atoms with van der Waals surface area (Å²) in [5.74, 6) is 0.691. The van der Waals surface area contributed by atoms with Gasteiger partial charge in [-0.2, -0.15) is 0 Å². The Labute approximate surface area is 194 Å². The number of nitro benzene ring substituents is 1. The lowest BCUT2D eigenvalue weighted by atomic mass is 9.76. The summed E-state index contributed by atoms with van der Waals surface area (Å²) >= 11 is 0. The zero-order chi connectivity index (χ0) is 23.5. The molecule has 0 fully saturated rings. The standard InChI is InChI=1S/C27H29N3O3/c1-6-21-17(2)23(28-18(21)3)13-14-27-26(4,5)22-9-7-8-10-24(22)29(27)16-19-15-20(30(31)32)11-12-25(19)33-27/h7-15,28H,6,16H2,1-5H3/b14-13+. The van der Waals surface area contributed by atoms with Gasteiger partial charge in [-0.15, -0.1) is 0 Å². The summed E-state index contributed by atoms with van der Waals surface area (Å²) in [5.41, 5.74) is 6.96. The fourth-order valence-electron chi connectivity index (χ4n) is 5.61. The molecule has 0 radical (unpaired) electrons. The molecule has 3 aromatic rings. The minimum atomic E-state index is -0.766. The number of nitrogens with zero attached hydrogens (tertiary/aromatic N) is 2. The van der Waals surface area contributed by atoms with Crippen molar-refractivity contribution in [2.75, 3.05) is 4.90 Å². The quantitative estimate of drug-likeness (QED) is 0.385. The van der Waals surface area contributed by atoms with E-state index in [1.807, 2.05) is 6.07 Å². The molecule has 2 aliphatic heterocycles. The fraction of sp³-hybridized carbons (Fsp3) is 0.333. The normalized spacial score (nSPS) is 20.3. The molecule has 1 N–H and O–H groups in total. The Morgan fingerprint density at radius 1 is 1.21 bits per heavy atom.